The van der Waals surface area contributed by atoms with E-state index in [1.54, 1.807) is 6.92 Å². The molecule has 20 heavy (non-hydrogen) atoms. The zero-order chi connectivity index (χ0) is 14.1. The van der Waals surface area contributed by atoms with Crippen molar-refractivity contribution in [2.75, 3.05) is 11.9 Å². The molecule has 0 spiro atoms. The predicted octanol–water partition coefficient (Wildman–Crippen LogP) is 1.88. The second kappa shape index (κ2) is 5.01. The minimum Gasteiger partial charge on any atom is -0.461 e. The van der Waals surface area contributed by atoms with E-state index in [1.165, 1.54) is 0 Å². The van der Waals surface area contributed by atoms with E-state index in [-0.39, 0.29) is 24.6 Å². The number of esters is 1. The first-order chi connectivity index (χ1) is 9.70. The van der Waals surface area contributed by atoms with Gasteiger partial charge >= 0.3 is 5.97 Å². The SMILES string of the molecule is CCOC(=O)c1nsnc1-c1cccc2c1CC(=O)N2. The molecule has 0 saturated carbocycles. The van der Waals surface area contributed by atoms with E-state index in [0.29, 0.717) is 5.69 Å². The van der Waals surface area contributed by atoms with Crippen molar-refractivity contribution in [3.63, 3.8) is 0 Å². The van der Waals surface area contributed by atoms with Gasteiger partial charge in [-0.2, -0.15) is 8.75 Å². The van der Waals surface area contributed by atoms with Crippen molar-refractivity contribution in [1.29, 1.82) is 0 Å². The van der Waals surface area contributed by atoms with E-state index in [0.717, 1.165) is 28.5 Å². The van der Waals surface area contributed by atoms with Crippen LogP contribution in [0.3, 0.4) is 0 Å². The molecule has 1 aliphatic rings. The number of anilines is 1. The van der Waals surface area contributed by atoms with Gasteiger partial charge in [0.25, 0.3) is 0 Å². The maximum absolute atomic E-state index is 11.9. The number of aromatic nitrogens is 2. The molecule has 1 amide bonds. The first-order valence-corrected chi connectivity index (χ1v) is 6.85. The van der Waals surface area contributed by atoms with E-state index < -0.39 is 5.97 Å². The third-order valence-electron chi connectivity index (χ3n) is 3.00. The van der Waals surface area contributed by atoms with Crippen LogP contribution in [0, 0.1) is 0 Å². The van der Waals surface area contributed by atoms with Crippen molar-refractivity contribution in [3.05, 3.63) is 29.5 Å². The second-order valence-electron chi connectivity index (χ2n) is 4.24. The lowest BCUT2D eigenvalue weighted by Gasteiger charge is -2.06. The van der Waals surface area contributed by atoms with Gasteiger partial charge in [0.1, 0.15) is 5.69 Å². The Morgan fingerprint density at radius 2 is 2.30 bits per heavy atom. The minimum atomic E-state index is -0.494. The molecule has 0 fully saturated rings. The highest BCUT2D eigenvalue weighted by atomic mass is 32.1. The Bertz CT molecular complexity index is 696. The summed E-state index contributed by atoms with van der Waals surface area (Å²) in [6.07, 6.45) is 0.283. The number of carbonyl (C=O) groups is 2. The van der Waals surface area contributed by atoms with Crippen LogP contribution in [0.1, 0.15) is 23.0 Å². The average molecular weight is 289 g/mol. The van der Waals surface area contributed by atoms with E-state index in [2.05, 4.69) is 14.1 Å². The van der Waals surface area contributed by atoms with Crippen LogP contribution in [0.2, 0.25) is 0 Å². The number of fused-ring (bicyclic) bond motifs is 1. The number of rotatable bonds is 3. The van der Waals surface area contributed by atoms with Gasteiger partial charge < -0.3 is 10.1 Å². The third kappa shape index (κ3) is 2.05. The van der Waals surface area contributed by atoms with Crippen molar-refractivity contribution in [2.24, 2.45) is 0 Å². The Morgan fingerprint density at radius 3 is 3.10 bits per heavy atom. The molecular formula is C13H11N3O3S. The Hall–Kier alpha value is -2.28. The predicted molar refractivity (Wildman–Crippen MR) is 73.6 cm³/mol. The van der Waals surface area contributed by atoms with Crippen LogP contribution in [0.4, 0.5) is 5.69 Å². The summed E-state index contributed by atoms with van der Waals surface area (Å²) in [7, 11) is 0. The first-order valence-electron chi connectivity index (χ1n) is 6.12. The van der Waals surface area contributed by atoms with Gasteiger partial charge in [0, 0.05) is 11.3 Å². The van der Waals surface area contributed by atoms with Gasteiger partial charge in [-0.3, -0.25) is 4.79 Å². The fourth-order valence-corrected chi connectivity index (χ4v) is 2.72. The van der Waals surface area contributed by atoms with E-state index in [1.807, 2.05) is 18.2 Å². The lowest BCUT2D eigenvalue weighted by Crippen LogP contribution is -2.07. The Labute approximate surface area is 119 Å². The fraction of sp³-hybridized carbons (Fsp3) is 0.231. The summed E-state index contributed by atoms with van der Waals surface area (Å²) < 4.78 is 13.2. The topological polar surface area (TPSA) is 81.2 Å². The summed E-state index contributed by atoms with van der Waals surface area (Å²) in [4.78, 5) is 23.4. The van der Waals surface area contributed by atoms with Crippen LogP contribution in [-0.2, 0) is 16.0 Å². The molecular weight excluding hydrogens is 278 g/mol. The number of benzene rings is 1. The van der Waals surface area contributed by atoms with Crippen LogP contribution in [0.25, 0.3) is 11.3 Å². The molecule has 2 aromatic rings. The van der Waals surface area contributed by atoms with E-state index in [4.69, 9.17) is 4.74 Å². The van der Waals surface area contributed by atoms with Crippen molar-refractivity contribution >= 4 is 29.3 Å². The van der Waals surface area contributed by atoms with Crippen LogP contribution in [0.5, 0.6) is 0 Å². The highest BCUT2D eigenvalue weighted by molar-refractivity contribution is 6.99. The van der Waals surface area contributed by atoms with Crippen LogP contribution < -0.4 is 5.32 Å². The largest absolute Gasteiger partial charge is 0.461 e. The van der Waals surface area contributed by atoms with Crippen LogP contribution >= 0.6 is 11.7 Å². The molecule has 0 aliphatic carbocycles. The Kier molecular flexibility index (Phi) is 3.19. The summed E-state index contributed by atoms with van der Waals surface area (Å²) >= 11 is 0.955. The molecule has 0 unspecified atom stereocenters. The standard InChI is InChI=1S/C13H11N3O3S/c1-2-19-13(18)12-11(15-20-16-12)7-4-3-5-9-8(7)6-10(17)14-9/h3-5H,2,6H2,1H3,(H,14,17). The van der Waals surface area contributed by atoms with Crippen molar-refractivity contribution in [3.8, 4) is 11.3 Å². The summed E-state index contributed by atoms with van der Waals surface area (Å²) in [6, 6.07) is 5.47. The van der Waals surface area contributed by atoms with Gasteiger partial charge in [-0.05, 0) is 18.6 Å². The zero-order valence-corrected chi connectivity index (χ0v) is 11.5. The maximum atomic E-state index is 11.9. The summed E-state index contributed by atoms with van der Waals surface area (Å²) in [5.74, 6) is -0.556. The molecule has 6 nitrogen and oxygen atoms in total. The third-order valence-corrected chi connectivity index (χ3v) is 3.53. The molecule has 0 bridgehead atoms. The molecule has 0 atom stereocenters. The molecule has 0 radical (unpaired) electrons. The molecule has 1 N–H and O–H groups in total. The summed E-state index contributed by atoms with van der Waals surface area (Å²) in [6.45, 7) is 2.02. The van der Waals surface area contributed by atoms with Gasteiger partial charge in [0.15, 0.2) is 5.69 Å². The van der Waals surface area contributed by atoms with E-state index >= 15 is 0 Å². The van der Waals surface area contributed by atoms with Gasteiger partial charge in [-0.1, -0.05) is 12.1 Å². The molecule has 2 heterocycles. The highest BCUT2D eigenvalue weighted by Gasteiger charge is 2.26. The Morgan fingerprint density at radius 1 is 1.45 bits per heavy atom. The normalized spacial score (nSPS) is 12.9. The lowest BCUT2D eigenvalue weighted by molar-refractivity contribution is -0.115. The monoisotopic (exact) mass is 289 g/mol. The molecule has 0 saturated heterocycles. The smallest absolute Gasteiger partial charge is 0.360 e. The highest BCUT2D eigenvalue weighted by Crippen LogP contribution is 2.34. The number of amides is 1. The summed E-state index contributed by atoms with van der Waals surface area (Å²) in [5, 5.41) is 2.77. The number of hydrogen-bond acceptors (Lipinski definition) is 6. The average Bonchev–Trinajstić information content (AvgIpc) is 3.03. The number of ether oxygens (including phenoxy) is 1. The zero-order valence-electron chi connectivity index (χ0n) is 10.7. The van der Waals surface area contributed by atoms with Crippen molar-refractivity contribution in [1.82, 2.24) is 8.75 Å². The maximum Gasteiger partial charge on any atom is 0.360 e. The second-order valence-corrected chi connectivity index (χ2v) is 4.77. The van der Waals surface area contributed by atoms with Gasteiger partial charge in [-0.15, -0.1) is 0 Å². The van der Waals surface area contributed by atoms with E-state index in [9.17, 15) is 9.59 Å². The first kappa shape index (κ1) is 12.7. The number of carbonyl (C=O) groups excluding carboxylic acids is 2. The van der Waals surface area contributed by atoms with Crippen LogP contribution in [-0.4, -0.2) is 27.2 Å². The van der Waals surface area contributed by atoms with Gasteiger partial charge in [0.2, 0.25) is 5.91 Å². The quantitative estimate of drug-likeness (QED) is 0.872. The molecule has 1 aliphatic heterocycles. The van der Waals surface area contributed by atoms with Crippen molar-refractivity contribution in [2.45, 2.75) is 13.3 Å². The van der Waals surface area contributed by atoms with Gasteiger partial charge in [-0.25, -0.2) is 4.79 Å². The van der Waals surface area contributed by atoms with Crippen molar-refractivity contribution < 1.29 is 14.3 Å². The molecule has 1 aromatic heterocycles. The van der Waals surface area contributed by atoms with Crippen LogP contribution in [0.15, 0.2) is 18.2 Å². The Balaban J connectivity index is 2.08. The molecule has 1 aromatic carbocycles. The molecule has 102 valence electrons. The number of hydrogen-bond donors (Lipinski definition) is 1. The number of nitrogens with zero attached hydrogens (tertiary/aromatic N) is 2. The fourth-order valence-electron chi connectivity index (χ4n) is 2.17. The summed E-state index contributed by atoms with van der Waals surface area (Å²) in [5.41, 5.74) is 3.02. The minimum absolute atomic E-state index is 0.0617. The molecule has 3 rings (SSSR count). The van der Waals surface area contributed by atoms with Gasteiger partial charge in [0.05, 0.1) is 24.8 Å². The number of nitrogens with one attached hydrogen (secondary N) is 1. The lowest BCUT2D eigenvalue weighted by atomic mass is 10.0. The molecule has 7 heteroatoms.